The van der Waals surface area contributed by atoms with Crippen LogP contribution in [-0.4, -0.2) is 0 Å². The minimum atomic E-state index is 0.187. The number of fused-ring (bicyclic) bond motifs is 1. The molecule has 1 heteroatoms. The number of rotatable bonds is 1. The van der Waals surface area contributed by atoms with Crippen molar-refractivity contribution < 1.29 is 4.42 Å². The van der Waals surface area contributed by atoms with E-state index in [1.54, 1.807) is 0 Å². The van der Waals surface area contributed by atoms with Crippen LogP contribution in [0.5, 0.6) is 0 Å². The summed E-state index contributed by atoms with van der Waals surface area (Å²) in [6.45, 7) is 6.68. The monoisotopic (exact) mass is 250 g/mol. The molecule has 0 saturated carbocycles. The van der Waals surface area contributed by atoms with Gasteiger partial charge in [-0.15, -0.1) is 0 Å². The van der Waals surface area contributed by atoms with E-state index in [0.29, 0.717) is 0 Å². The third-order valence-corrected chi connectivity index (χ3v) is 3.46. The lowest BCUT2D eigenvalue weighted by Gasteiger charge is -2.18. The lowest BCUT2D eigenvalue weighted by Crippen LogP contribution is -2.10. The van der Waals surface area contributed by atoms with Gasteiger partial charge < -0.3 is 4.42 Å². The molecular weight excluding hydrogens is 232 g/mol. The third-order valence-electron chi connectivity index (χ3n) is 3.46. The maximum Gasteiger partial charge on any atom is 0.135 e. The summed E-state index contributed by atoms with van der Waals surface area (Å²) in [4.78, 5) is 0. The van der Waals surface area contributed by atoms with Crippen molar-refractivity contribution in [3.05, 3.63) is 60.2 Å². The van der Waals surface area contributed by atoms with E-state index in [4.69, 9.17) is 4.42 Å². The van der Waals surface area contributed by atoms with E-state index in [1.165, 1.54) is 5.56 Å². The van der Waals surface area contributed by atoms with Crippen molar-refractivity contribution in [2.75, 3.05) is 0 Å². The van der Waals surface area contributed by atoms with Gasteiger partial charge in [0.25, 0.3) is 0 Å². The van der Waals surface area contributed by atoms with E-state index >= 15 is 0 Å². The van der Waals surface area contributed by atoms with Gasteiger partial charge in [0.05, 0.1) is 0 Å². The van der Waals surface area contributed by atoms with Gasteiger partial charge in [-0.3, -0.25) is 0 Å². The fourth-order valence-electron chi connectivity index (χ4n) is 2.26. The van der Waals surface area contributed by atoms with Crippen LogP contribution >= 0.6 is 0 Å². The average Bonchev–Trinajstić information content (AvgIpc) is 2.81. The smallest absolute Gasteiger partial charge is 0.135 e. The van der Waals surface area contributed by atoms with Gasteiger partial charge >= 0.3 is 0 Å². The first-order valence-electron chi connectivity index (χ1n) is 6.63. The lowest BCUT2D eigenvalue weighted by atomic mass is 9.86. The van der Waals surface area contributed by atoms with Gasteiger partial charge in [-0.1, -0.05) is 63.2 Å². The van der Waals surface area contributed by atoms with Crippen LogP contribution in [0.4, 0.5) is 0 Å². The Morgan fingerprint density at radius 3 is 2.16 bits per heavy atom. The lowest BCUT2D eigenvalue weighted by molar-refractivity contribution is 0.590. The quantitative estimate of drug-likeness (QED) is 0.563. The molecule has 1 heterocycles. The van der Waals surface area contributed by atoms with Crippen LogP contribution in [-0.2, 0) is 5.41 Å². The van der Waals surface area contributed by atoms with Gasteiger partial charge in [0, 0.05) is 10.9 Å². The van der Waals surface area contributed by atoms with Crippen LogP contribution in [0.15, 0.2) is 59.0 Å². The second kappa shape index (κ2) is 4.27. The molecule has 1 aromatic heterocycles. The topological polar surface area (TPSA) is 13.1 Å². The summed E-state index contributed by atoms with van der Waals surface area (Å²) in [6.07, 6.45) is 0. The van der Waals surface area contributed by atoms with Gasteiger partial charge in [0.1, 0.15) is 11.3 Å². The van der Waals surface area contributed by atoms with Gasteiger partial charge in [0.15, 0.2) is 0 Å². The molecule has 0 amide bonds. The summed E-state index contributed by atoms with van der Waals surface area (Å²) >= 11 is 0. The van der Waals surface area contributed by atoms with Crippen LogP contribution in [0.2, 0.25) is 0 Å². The zero-order valence-corrected chi connectivity index (χ0v) is 11.6. The summed E-state index contributed by atoms with van der Waals surface area (Å²) < 4.78 is 5.88. The van der Waals surface area contributed by atoms with Crippen LogP contribution < -0.4 is 0 Å². The van der Waals surface area contributed by atoms with Crippen LogP contribution in [0, 0.1) is 0 Å². The second-order valence-corrected chi connectivity index (χ2v) is 5.98. The normalized spacial score (nSPS) is 11.9. The number of hydrogen-bond acceptors (Lipinski definition) is 1. The van der Waals surface area contributed by atoms with Crippen LogP contribution in [0.1, 0.15) is 26.3 Å². The van der Waals surface area contributed by atoms with Crippen LogP contribution in [0.25, 0.3) is 22.3 Å². The minimum absolute atomic E-state index is 0.187. The zero-order chi connectivity index (χ0) is 13.5. The van der Waals surface area contributed by atoms with Crippen molar-refractivity contribution in [2.24, 2.45) is 0 Å². The summed E-state index contributed by atoms with van der Waals surface area (Å²) in [5.74, 6) is 0.932. The van der Waals surface area contributed by atoms with Crippen molar-refractivity contribution in [2.45, 2.75) is 26.2 Å². The van der Waals surface area contributed by atoms with E-state index < -0.39 is 0 Å². The highest BCUT2D eigenvalue weighted by Gasteiger charge is 2.13. The summed E-state index contributed by atoms with van der Waals surface area (Å²) in [5.41, 5.74) is 3.60. The Bertz CT molecular complexity index is 663. The van der Waals surface area contributed by atoms with E-state index in [-0.39, 0.29) is 5.41 Å². The first kappa shape index (κ1) is 12.0. The minimum Gasteiger partial charge on any atom is -0.456 e. The molecule has 0 aliphatic heterocycles. The van der Waals surface area contributed by atoms with Crippen LogP contribution in [0.3, 0.4) is 0 Å². The summed E-state index contributed by atoms with van der Waals surface area (Å²) in [5, 5.41) is 1.15. The Morgan fingerprint density at radius 1 is 0.842 bits per heavy atom. The summed E-state index contributed by atoms with van der Waals surface area (Å²) in [6, 6.07) is 18.8. The fourth-order valence-corrected chi connectivity index (χ4v) is 2.26. The second-order valence-electron chi connectivity index (χ2n) is 5.98. The van der Waals surface area contributed by atoms with Crippen molar-refractivity contribution in [3.63, 3.8) is 0 Å². The first-order chi connectivity index (χ1) is 9.04. The number of hydrogen-bond donors (Lipinski definition) is 0. The largest absolute Gasteiger partial charge is 0.456 e. The van der Waals surface area contributed by atoms with E-state index in [9.17, 15) is 0 Å². The predicted molar refractivity (Wildman–Crippen MR) is 80.4 cm³/mol. The van der Waals surface area contributed by atoms with Gasteiger partial charge in [-0.25, -0.2) is 0 Å². The molecule has 0 bridgehead atoms. The SMILES string of the molecule is CC(C)(C)c1ccc(-c2cc3ccccc3o2)cc1. The van der Waals surface area contributed by atoms with Crippen molar-refractivity contribution in [1.82, 2.24) is 0 Å². The molecule has 3 rings (SSSR count). The molecule has 0 radical (unpaired) electrons. The Hall–Kier alpha value is -2.02. The molecule has 0 spiro atoms. The van der Waals surface area contributed by atoms with Gasteiger partial charge in [-0.2, -0.15) is 0 Å². The van der Waals surface area contributed by atoms with E-state index in [1.807, 2.05) is 18.2 Å². The first-order valence-corrected chi connectivity index (χ1v) is 6.63. The zero-order valence-electron chi connectivity index (χ0n) is 11.6. The Morgan fingerprint density at radius 2 is 1.53 bits per heavy atom. The Kier molecular flexibility index (Phi) is 2.70. The molecule has 0 N–H and O–H groups in total. The Balaban J connectivity index is 2.02. The molecule has 0 atom stereocenters. The molecule has 0 aliphatic rings. The molecule has 0 aliphatic carbocycles. The van der Waals surface area contributed by atoms with Gasteiger partial charge in [0.2, 0.25) is 0 Å². The number of benzene rings is 2. The third kappa shape index (κ3) is 2.28. The maximum atomic E-state index is 5.88. The highest BCUT2D eigenvalue weighted by Crippen LogP contribution is 2.29. The predicted octanol–water partition coefficient (Wildman–Crippen LogP) is 5.40. The molecule has 19 heavy (non-hydrogen) atoms. The molecule has 2 aromatic carbocycles. The maximum absolute atomic E-state index is 5.88. The molecule has 0 saturated heterocycles. The van der Waals surface area contributed by atoms with Crippen molar-refractivity contribution in [3.8, 4) is 11.3 Å². The van der Waals surface area contributed by atoms with Crippen molar-refractivity contribution >= 4 is 11.0 Å². The fraction of sp³-hybridized carbons (Fsp3) is 0.222. The molecule has 3 aromatic rings. The highest BCUT2D eigenvalue weighted by atomic mass is 16.3. The Labute approximate surface area is 113 Å². The highest BCUT2D eigenvalue weighted by molar-refractivity contribution is 5.82. The molecule has 96 valence electrons. The van der Waals surface area contributed by atoms with Crippen molar-refractivity contribution in [1.29, 1.82) is 0 Å². The van der Waals surface area contributed by atoms with Gasteiger partial charge in [-0.05, 0) is 23.1 Å². The van der Waals surface area contributed by atoms with E-state index in [0.717, 1.165) is 22.3 Å². The average molecular weight is 250 g/mol. The van der Waals surface area contributed by atoms with E-state index in [2.05, 4.69) is 57.2 Å². The number of para-hydroxylation sites is 1. The molecule has 1 nitrogen and oxygen atoms in total. The summed E-state index contributed by atoms with van der Waals surface area (Å²) in [7, 11) is 0. The molecular formula is C18H18O. The number of furan rings is 1. The molecule has 0 fully saturated rings. The standard InChI is InChI=1S/C18H18O/c1-18(2,3)15-10-8-13(9-11-15)17-12-14-6-4-5-7-16(14)19-17/h4-12H,1-3H3. The molecule has 0 unspecified atom stereocenters.